The highest BCUT2D eigenvalue weighted by Gasteiger charge is 2.45. The van der Waals surface area contributed by atoms with Crippen LogP contribution in [0.5, 0.6) is 11.5 Å². The lowest BCUT2D eigenvalue weighted by molar-refractivity contribution is 0.102. The highest BCUT2D eigenvalue weighted by molar-refractivity contribution is 5.45. The Kier molecular flexibility index (Phi) is 3.10. The third kappa shape index (κ3) is 2.16. The Hall–Kier alpha value is -2.03. The molecule has 0 bridgehead atoms. The van der Waals surface area contributed by atoms with Crippen molar-refractivity contribution in [1.82, 2.24) is 0 Å². The molecular weight excluding hydrogens is 279 g/mol. The normalized spacial score (nSPS) is 29.5. The Balaban J connectivity index is 1.78. The van der Waals surface area contributed by atoms with E-state index in [1.165, 1.54) is 5.56 Å². The zero-order valence-corrected chi connectivity index (χ0v) is 12.5. The molecule has 4 rings (SSSR count). The first kappa shape index (κ1) is 13.6. The molecular formula is C19H19FO2. The van der Waals surface area contributed by atoms with Crippen molar-refractivity contribution in [2.45, 2.75) is 38.0 Å². The number of phenolic OH excluding ortho intramolecular Hbond substituents is 1. The van der Waals surface area contributed by atoms with Gasteiger partial charge in [0, 0.05) is 11.5 Å². The number of ether oxygens (including phenoxy) is 1. The summed E-state index contributed by atoms with van der Waals surface area (Å²) in [5, 5.41) is 9.74. The Morgan fingerprint density at radius 3 is 2.64 bits per heavy atom. The summed E-state index contributed by atoms with van der Waals surface area (Å²) in [5.41, 5.74) is 3.26. The van der Waals surface area contributed by atoms with Crippen LogP contribution in [0.1, 0.15) is 41.6 Å². The predicted octanol–water partition coefficient (Wildman–Crippen LogP) is 4.67. The van der Waals surface area contributed by atoms with Crippen LogP contribution >= 0.6 is 0 Å². The number of fused-ring (bicyclic) bond motifs is 3. The molecule has 3 heteroatoms. The van der Waals surface area contributed by atoms with Gasteiger partial charge in [0.05, 0.1) is 0 Å². The molecule has 0 spiro atoms. The van der Waals surface area contributed by atoms with Gasteiger partial charge in [-0.2, -0.15) is 0 Å². The van der Waals surface area contributed by atoms with Gasteiger partial charge in [0.2, 0.25) is 0 Å². The molecule has 0 aromatic heterocycles. The largest absolute Gasteiger partial charge is 0.508 e. The van der Waals surface area contributed by atoms with Crippen LogP contribution in [0.15, 0.2) is 42.5 Å². The number of aromatic hydroxyl groups is 1. The maximum absolute atomic E-state index is 14.1. The first-order valence-corrected chi connectivity index (χ1v) is 7.82. The molecule has 1 heterocycles. The first-order valence-electron chi connectivity index (χ1n) is 7.82. The molecule has 4 atom stereocenters. The summed E-state index contributed by atoms with van der Waals surface area (Å²) in [4.78, 5) is 0. The second kappa shape index (κ2) is 5.01. The smallest absolute Gasteiger partial charge is 0.127 e. The number of phenols is 1. The summed E-state index contributed by atoms with van der Waals surface area (Å²) in [7, 11) is 0. The third-order valence-electron chi connectivity index (χ3n) is 5.00. The van der Waals surface area contributed by atoms with E-state index in [9.17, 15) is 9.50 Å². The first-order chi connectivity index (χ1) is 10.6. The van der Waals surface area contributed by atoms with Crippen molar-refractivity contribution in [1.29, 1.82) is 0 Å². The van der Waals surface area contributed by atoms with E-state index in [-0.39, 0.29) is 23.7 Å². The highest BCUT2D eigenvalue weighted by Crippen LogP contribution is 2.54. The minimum absolute atomic E-state index is 0.108. The van der Waals surface area contributed by atoms with Crippen LogP contribution in [0.3, 0.4) is 0 Å². The van der Waals surface area contributed by atoms with Gasteiger partial charge in [-0.25, -0.2) is 4.39 Å². The van der Waals surface area contributed by atoms with Gasteiger partial charge >= 0.3 is 0 Å². The summed E-state index contributed by atoms with van der Waals surface area (Å²) in [6.07, 6.45) is 0.147. The predicted molar refractivity (Wildman–Crippen MR) is 83.0 cm³/mol. The molecule has 1 aliphatic carbocycles. The van der Waals surface area contributed by atoms with Crippen molar-refractivity contribution in [2.75, 3.05) is 0 Å². The van der Waals surface area contributed by atoms with E-state index < -0.39 is 6.17 Å². The van der Waals surface area contributed by atoms with Crippen molar-refractivity contribution >= 4 is 0 Å². The number of halogens is 1. The SMILES string of the molecule is Cc1ccc([C@@H]2Oc3ccc(O)cc3[C@@H]3C[C@H](F)C[C@@H]32)cc1. The quantitative estimate of drug-likeness (QED) is 0.829. The van der Waals surface area contributed by atoms with Gasteiger partial charge in [0.15, 0.2) is 0 Å². The fraction of sp³-hybridized carbons (Fsp3) is 0.368. The fourth-order valence-corrected chi connectivity index (χ4v) is 3.93. The van der Waals surface area contributed by atoms with Crippen LogP contribution < -0.4 is 4.74 Å². The lowest BCUT2D eigenvalue weighted by Crippen LogP contribution is -2.26. The van der Waals surface area contributed by atoms with Crippen molar-refractivity contribution in [2.24, 2.45) is 5.92 Å². The zero-order chi connectivity index (χ0) is 15.3. The van der Waals surface area contributed by atoms with Gasteiger partial charge < -0.3 is 9.84 Å². The van der Waals surface area contributed by atoms with Crippen LogP contribution in [0.2, 0.25) is 0 Å². The molecule has 2 aromatic rings. The molecule has 2 aliphatic rings. The maximum Gasteiger partial charge on any atom is 0.127 e. The van der Waals surface area contributed by atoms with Crippen molar-refractivity contribution < 1.29 is 14.2 Å². The second-order valence-corrected chi connectivity index (χ2v) is 6.51. The maximum atomic E-state index is 14.1. The van der Waals surface area contributed by atoms with E-state index >= 15 is 0 Å². The lowest BCUT2D eigenvalue weighted by Gasteiger charge is -2.36. The van der Waals surface area contributed by atoms with Gasteiger partial charge in [-0.3, -0.25) is 0 Å². The molecule has 1 saturated carbocycles. The number of hydrogen-bond acceptors (Lipinski definition) is 2. The summed E-state index contributed by atoms with van der Waals surface area (Å²) in [6, 6.07) is 13.5. The molecule has 0 amide bonds. The minimum atomic E-state index is -0.792. The average Bonchev–Trinajstić information content (AvgIpc) is 2.89. The van der Waals surface area contributed by atoms with E-state index in [1.54, 1.807) is 18.2 Å². The van der Waals surface area contributed by atoms with Crippen LogP contribution in [-0.2, 0) is 0 Å². The van der Waals surface area contributed by atoms with Gasteiger partial charge in [0.1, 0.15) is 23.8 Å². The van der Waals surface area contributed by atoms with Crippen LogP contribution in [0.25, 0.3) is 0 Å². The Morgan fingerprint density at radius 2 is 1.86 bits per heavy atom. The molecule has 1 aliphatic heterocycles. The molecule has 0 unspecified atom stereocenters. The topological polar surface area (TPSA) is 29.5 Å². The monoisotopic (exact) mass is 298 g/mol. The lowest BCUT2D eigenvalue weighted by atomic mass is 9.80. The van der Waals surface area contributed by atoms with E-state index in [4.69, 9.17) is 4.74 Å². The van der Waals surface area contributed by atoms with E-state index in [2.05, 4.69) is 31.2 Å². The number of alkyl halides is 1. The molecule has 2 nitrogen and oxygen atoms in total. The Labute approximate surface area is 129 Å². The molecule has 114 valence electrons. The Bertz CT molecular complexity index is 695. The number of rotatable bonds is 1. The second-order valence-electron chi connectivity index (χ2n) is 6.51. The van der Waals surface area contributed by atoms with Crippen molar-refractivity contribution in [3.63, 3.8) is 0 Å². The van der Waals surface area contributed by atoms with E-state index in [0.29, 0.717) is 12.8 Å². The minimum Gasteiger partial charge on any atom is -0.508 e. The van der Waals surface area contributed by atoms with Crippen LogP contribution in [-0.4, -0.2) is 11.3 Å². The summed E-state index contributed by atoms with van der Waals surface area (Å²) in [6.45, 7) is 2.06. The number of aryl methyl sites for hydroxylation is 1. The third-order valence-corrected chi connectivity index (χ3v) is 5.00. The molecule has 1 fully saturated rings. The van der Waals surface area contributed by atoms with Gasteiger partial charge in [-0.15, -0.1) is 0 Å². The van der Waals surface area contributed by atoms with Gasteiger partial charge in [0.25, 0.3) is 0 Å². The van der Waals surface area contributed by atoms with Crippen LogP contribution in [0, 0.1) is 12.8 Å². The fourth-order valence-electron chi connectivity index (χ4n) is 3.93. The van der Waals surface area contributed by atoms with Crippen LogP contribution in [0.4, 0.5) is 4.39 Å². The zero-order valence-electron chi connectivity index (χ0n) is 12.5. The Morgan fingerprint density at radius 1 is 1.09 bits per heavy atom. The van der Waals surface area contributed by atoms with Gasteiger partial charge in [-0.1, -0.05) is 29.8 Å². The molecule has 2 aromatic carbocycles. The number of hydrogen-bond donors (Lipinski definition) is 1. The highest BCUT2D eigenvalue weighted by atomic mass is 19.1. The average molecular weight is 298 g/mol. The van der Waals surface area contributed by atoms with Crippen molar-refractivity contribution in [3.05, 3.63) is 59.2 Å². The standard InChI is InChI=1S/C19H19FO2/c1-11-2-4-12(5-3-11)19-17-9-13(20)8-15(17)16-10-14(21)6-7-18(16)22-19/h2-7,10,13,15,17,19,21H,8-9H2,1H3/t13-,15-,17-,19-/m0/s1. The summed E-state index contributed by atoms with van der Waals surface area (Å²) in [5.74, 6) is 1.25. The summed E-state index contributed by atoms with van der Waals surface area (Å²) < 4.78 is 20.3. The summed E-state index contributed by atoms with van der Waals surface area (Å²) >= 11 is 0. The van der Waals surface area contributed by atoms with E-state index in [1.807, 2.05) is 0 Å². The van der Waals surface area contributed by atoms with Gasteiger partial charge in [-0.05, 0) is 49.4 Å². The number of benzene rings is 2. The van der Waals surface area contributed by atoms with Crippen molar-refractivity contribution in [3.8, 4) is 11.5 Å². The van der Waals surface area contributed by atoms with E-state index in [0.717, 1.165) is 16.9 Å². The molecule has 0 radical (unpaired) electrons. The molecule has 22 heavy (non-hydrogen) atoms. The molecule has 0 saturated heterocycles. The molecule has 1 N–H and O–H groups in total.